The van der Waals surface area contributed by atoms with Crippen molar-refractivity contribution in [1.82, 2.24) is 9.80 Å². The van der Waals surface area contributed by atoms with Crippen molar-refractivity contribution in [2.24, 2.45) is 5.73 Å². The topological polar surface area (TPSA) is 32.5 Å². The van der Waals surface area contributed by atoms with Gasteiger partial charge in [0, 0.05) is 43.7 Å². The van der Waals surface area contributed by atoms with Crippen molar-refractivity contribution in [3.8, 4) is 0 Å². The number of rotatable bonds is 4. The van der Waals surface area contributed by atoms with Gasteiger partial charge in [-0.05, 0) is 31.0 Å². The van der Waals surface area contributed by atoms with Crippen LogP contribution in [0, 0.1) is 0 Å². The van der Waals surface area contributed by atoms with Crippen molar-refractivity contribution >= 4 is 11.8 Å². The molecule has 18 heavy (non-hydrogen) atoms. The zero-order valence-electron chi connectivity index (χ0n) is 11.3. The van der Waals surface area contributed by atoms with E-state index in [1.165, 1.54) is 10.5 Å². The van der Waals surface area contributed by atoms with Gasteiger partial charge in [0.15, 0.2) is 0 Å². The van der Waals surface area contributed by atoms with Crippen LogP contribution in [0.2, 0.25) is 0 Å². The second-order valence-electron chi connectivity index (χ2n) is 4.86. The molecule has 100 valence electrons. The van der Waals surface area contributed by atoms with Crippen LogP contribution in [0.5, 0.6) is 0 Å². The molecule has 0 amide bonds. The molecule has 4 heteroatoms. The van der Waals surface area contributed by atoms with Gasteiger partial charge in [0.25, 0.3) is 0 Å². The van der Waals surface area contributed by atoms with E-state index in [1.54, 1.807) is 11.8 Å². The summed E-state index contributed by atoms with van der Waals surface area (Å²) in [6, 6.07) is 9.20. The lowest BCUT2D eigenvalue weighted by molar-refractivity contribution is 0.114. The van der Waals surface area contributed by atoms with Crippen molar-refractivity contribution in [3.63, 3.8) is 0 Å². The standard InChI is InChI=1S/C14H23N3S/c1-16-7-9-17(10-8-16)14(11-15)12-3-5-13(18-2)6-4-12/h3-6,14H,7-11,15H2,1-2H3. The number of nitrogens with zero attached hydrogens (tertiary/aromatic N) is 2. The Hall–Kier alpha value is -0.550. The van der Waals surface area contributed by atoms with E-state index in [0.717, 1.165) is 26.2 Å². The number of piperazine rings is 1. The first kappa shape index (κ1) is 13.9. The largest absolute Gasteiger partial charge is 0.329 e. The molecule has 1 fully saturated rings. The maximum absolute atomic E-state index is 5.98. The third-order valence-corrected chi connectivity index (χ3v) is 4.45. The average molecular weight is 265 g/mol. The Labute approximate surface area is 114 Å². The second-order valence-corrected chi connectivity index (χ2v) is 5.74. The molecule has 3 nitrogen and oxygen atoms in total. The van der Waals surface area contributed by atoms with Gasteiger partial charge in [0.2, 0.25) is 0 Å². The summed E-state index contributed by atoms with van der Waals surface area (Å²) in [5.41, 5.74) is 7.33. The molecule has 0 aliphatic carbocycles. The SMILES string of the molecule is CSc1ccc(C(CN)N2CCN(C)CC2)cc1. The van der Waals surface area contributed by atoms with Gasteiger partial charge < -0.3 is 10.6 Å². The number of hydrogen-bond acceptors (Lipinski definition) is 4. The van der Waals surface area contributed by atoms with Gasteiger partial charge in [-0.2, -0.15) is 0 Å². The summed E-state index contributed by atoms with van der Waals surface area (Å²) < 4.78 is 0. The molecule has 1 heterocycles. The van der Waals surface area contributed by atoms with Crippen LogP contribution in [0.3, 0.4) is 0 Å². The molecule has 0 spiro atoms. The van der Waals surface area contributed by atoms with Crippen LogP contribution in [-0.2, 0) is 0 Å². The summed E-state index contributed by atoms with van der Waals surface area (Å²) in [5, 5.41) is 0. The maximum Gasteiger partial charge on any atom is 0.0471 e. The van der Waals surface area contributed by atoms with Gasteiger partial charge in [-0.1, -0.05) is 12.1 Å². The minimum atomic E-state index is 0.370. The fourth-order valence-electron chi connectivity index (χ4n) is 2.46. The summed E-state index contributed by atoms with van der Waals surface area (Å²) in [6.07, 6.45) is 2.11. The van der Waals surface area contributed by atoms with Crippen LogP contribution in [0.25, 0.3) is 0 Å². The molecule has 1 atom stereocenters. The van der Waals surface area contributed by atoms with Crippen molar-refractivity contribution in [1.29, 1.82) is 0 Å². The van der Waals surface area contributed by atoms with Crippen molar-refractivity contribution in [2.45, 2.75) is 10.9 Å². The zero-order chi connectivity index (χ0) is 13.0. The number of likely N-dealkylation sites (N-methyl/N-ethyl adjacent to an activating group) is 1. The van der Waals surface area contributed by atoms with Gasteiger partial charge in [-0.3, -0.25) is 4.90 Å². The van der Waals surface area contributed by atoms with E-state index in [9.17, 15) is 0 Å². The predicted molar refractivity (Wildman–Crippen MR) is 79.1 cm³/mol. The Balaban J connectivity index is 2.07. The minimum absolute atomic E-state index is 0.370. The molecule has 0 bridgehead atoms. The Morgan fingerprint density at radius 2 is 1.78 bits per heavy atom. The molecule has 1 aromatic rings. The van der Waals surface area contributed by atoms with Crippen LogP contribution in [0.4, 0.5) is 0 Å². The van der Waals surface area contributed by atoms with Gasteiger partial charge in [0.1, 0.15) is 0 Å². The highest BCUT2D eigenvalue weighted by Crippen LogP contribution is 2.23. The first-order valence-electron chi connectivity index (χ1n) is 6.51. The highest BCUT2D eigenvalue weighted by atomic mass is 32.2. The molecule has 0 aromatic heterocycles. The minimum Gasteiger partial charge on any atom is -0.329 e. The zero-order valence-corrected chi connectivity index (χ0v) is 12.1. The summed E-state index contributed by atoms with van der Waals surface area (Å²) in [7, 11) is 2.18. The lowest BCUT2D eigenvalue weighted by Gasteiger charge is -2.37. The van der Waals surface area contributed by atoms with E-state index < -0.39 is 0 Å². The summed E-state index contributed by atoms with van der Waals surface area (Å²) in [6.45, 7) is 5.20. The quantitative estimate of drug-likeness (QED) is 0.839. The molecule has 0 radical (unpaired) electrons. The highest BCUT2D eigenvalue weighted by molar-refractivity contribution is 7.98. The second kappa shape index (κ2) is 6.57. The number of thioether (sulfide) groups is 1. The van der Waals surface area contributed by atoms with Crippen LogP contribution < -0.4 is 5.73 Å². The van der Waals surface area contributed by atoms with Gasteiger partial charge >= 0.3 is 0 Å². The van der Waals surface area contributed by atoms with Crippen LogP contribution in [0.15, 0.2) is 29.2 Å². The molecule has 1 aliphatic heterocycles. The summed E-state index contributed by atoms with van der Waals surface area (Å²) >= 11 is 1.78. The Bertz CT molecular complexity index is 358. The lowest BCUT2D eigenvalue weighted by atomic mass is 10.0. The van der Waals surface area contributed by atoms with Crippen molar-refractivity contribution in [2.75, 3.05) is 46.0 Å². The molecular formula is C14H23N3S. The van der Waals surface area contributed by atoms with E-state index in [-0.39, 0.29) is 0 Å². The van der Waals surface area contributed by atoms with E-state index in [1.807, 2.05) is 0 Å². The lowest BCUT2D eigenvalue weighted by Crippen LogP contribution is -2.47. The highest BCUT2D eigenvalue weighted by Gasteiger charge is 2.22. The first-order chi connectivity index (χ1) is 8.74. The predicted octanol–water partition coefficient (Wildman–Crippen LogP) is 1.66. The molecule has 1 saturated heterocycles. The Morgan fingerprint density at radius 3 is 2.28 bits per heavy atom. The fraction of sp³-hybridized carbons (Fsp3) is 0.571. The van der Waals surface area contributed by atoms with E-state index >= 15 is 0 Å². The molecular weight excluding hydrogens is 242 g/mol. The average Bonchev–Trinajstić information content (AvgIpc) is 2.42. The van der Waals surface area contributed by atoms with Crippen molar-refractivity contribution < 1.29 is 0 Å². The summed E-state index contributed by atoms with van der Waals surface area (Å²) in [4.78, 5) is 6.20. The smallest absolute Gasteiger partial charge is 0.0471 e. The van der Waals surface area contributed by atoms with E-state index in [4.69, 9.17) is 5.73 Å². The van der Waals surface area contributed by atoms with Crippen LogP contribution in [-0.4, -0.2) is 55.8 Å². The molecule has 1 aromatic carbocycles. The van der Waals surface area contributed by atoms with E-state index in [2.05, 4.69) is 47.4 Å². The molecule has 0 saturated carbocycles. The maximum atomic E-state index is 5.98. The third-order valence-electron chi connectivity index (χ3n) is 3.70. The molecule has 2 N–H and O–H groups in total. The van der Waals surface area contributed by atoms with Crippen LogP contribution in [0.1, 0.15) is 11.6 Å². The number of hydrogen-bond donors (Lipinski definition) is 1. The number of nitrogens with two attached hydrogens (primary N) is 1. The monoisotopic (exact) mass is 265 g/mol. The van der Waals surface area contributed by atoms with Gasteiger partial charge in [-0.25, -0.2) is 0 Å². The molecule has 1 aliphatic rings. The fourth-order valence-corrected chi connectivity index (χ4v) is 2.86. The van der Waals surface area contributed by atoms with Gasteiger partial charge in [0.05, 0.1) is 0 Å². The third kappa shape index (κ3) is 3.26. The van der Waals surface area contributed by atoms with Crippen molar-refractivity contribution in [3.05, 3.63) is 29.8 Å². The number of benzene rings is 1. The molecule has 2 rings (SSSR count). The molecule has 1 unspecified atom stereocenters. The Kier molecular flexibility index (Phi) is 5.06. The van der Waals surface area contributed by atoms with Gasteiger partial charge in [-0.15, -0.1) is 11.8 Å². The normalized spacial score (nSPS) is 19.9. The van der Waals surface area contributed by atoms with Crippen LogP contribution >= 0.6 is 11.8 Å². The Morgan fingerprint density at radius 1 is 1.17 bits per heavy atom. The summed E-state index contributed by atoms with van der Waals surface area (Å²) in [5.74, 6) is 0. The first-order valence-corrected chi connectivity index (χ1v) is 7.73. The van der Waals surface area contributed by atoms with E-state index in [0.29, 0.717) is 12.6 Å².